The van der Waals surface area contributed by atoms with Crippen LogP contribution in [0, 0.1) is 0 Å². The maximum atomic E-state index is 11.9. The minimum Gasteiger partial charge on any atom is -0.368 e. The minimum absolute atomic E-state index is 0.0201. The van der Waals surface area contributed by atoms with Crippen LogP contribution < -0.4 is 5.32 Å². The lowest BCUT2D eigenvalue weighted by molar-refractivity contribution is -0.130. The summed E-state index contributed by atoms with van der Waals surface area (Å²) in [6.45, 7) is 1.23. The van der Waals surface area contributed by atoms with Crippen LogP contribution in [-0.4, -0.2) is 39.9 Å². The van der Waals surface area contributed by atoms with Crippen LogP contribution in [0.1, 0.15) is 24.2 Å². The van der Waals surface area contributed by atoms with E-state index in [1.807, 2.05) is 29.8 Å². The fraction of sp³-hybridized carbons (Fsp3) is 0.471. The lowest BCUT2D eigenvalue weighted by Gasteiger charge is -2.10. The van der Waals surface area contributed by atoms with Gasteiger partial charge in [0.25, 0.3) is 0 Å². The molecule has 1 N–H and O–H groups in total. The van der Waals surface area contributed by atoms with Crippen molar-refractivity contribution in [3.63, 3.8) is 0 Å². The predicted octanol–water partition coefficient (Wildman–Crippen LogP) is 1.95. The number of thioether (sulfide) groups is 1. The molecule has 1 fully saturated rings. The normalized spacial score (nSPS) is 17.1. The van der Waals surface area contributed by atoms with E-state index in [4.69, 9.17) is 4.74 Å². The highest BCUT2D eigenvalue weighted by atomic mass is 32.2. The van der Waals surface area contributed by atoms with E-state index in [0.717, 1.165) is 29.6 Å². The van der Waals surface area contributed by atoms with Gasteiger partial charge in [-0.3, -0.25) is 4.79 Å². The summed E-state index contributed by atoms with van der Waals surface area (Å²) >= 11 is 1.66. The third-order valence-corrected chi connectivity index (χ3v) is 5.10. The van der Waals surface area contributed by atoms with E-state index in [1.165, 1.54) is 5.56 Å². The lowest BCUT2D eigenvalue weighted by atomic mass is 10.2. The van der Waals surface area contributed by atoms with Crippen LogP contribution in [0.3, 0.4) is 0 Å². The molecule has 1 amide bonds. The molecule has 1 aliphatic rings. The largest absolute Gasteiger partial charge is 0.368 e. The van der Waals surface area contributed by atoms with Gasteiger partial charge in [-0.15, -0.1) is 10.2 Å². The molecule has 6 nitrogen and oxygen atoms in total. The Labute approximate surface area is 146 Å². The third kappa shape index (κ3) is 4.36. The molecule has 1 atom stereocenters. The Balaban J connectivity index is 1.46. The zero-order valence-corrected chi connectivity index (χ0v) is 14.6. The molecule has 0 aliphatic carbocycles. The van der Waals surface area contributed by atoms with Crippen LogP contribution in [0.5, 0.6) is 0 Å². The molecule has 3 rings (SSSR count). The number of nitrogens with one attached hydrogen (secondary N) is 1. The van der Waals surface area contributed by atoms with Crippen molar-refractivity contribution in [1.82, 2.24) is 20.1 Å². The monoisotopic (exact) mass is 346 g/mol. The second-order valence-electron chi connectivity index (χ2n) is 5.77. The molecule has 0 bridgehead atoms. The number of hydrogen-bond donors (Lipinski definition) is 1. The first-order valence-electron chi connectivity index (χ1n) is 8.18. The van der Waals surface area contributed by atoms with Crippen molar-refractivity contribution < 1.29 is 9.53 Å². The highest BCUT2D eigenvalue weighted by Gasteiger charge is 2.23. The summed E-state index contributed by atoms with van der Waals surface area (Å²) in [6.07, 6.45) is 2.16. The Kier molecular flexibility index (Phi) is 5.87. The molecule has 1 aromatic heterocycles. The summed E-state index contributed by atoms with van der Waals surface area (Å²) in [7, 11) is 1.96. The summed E-state index contributed by atoms with van der Waals surface area (Å²) in [5.74, 6) is 1.72. The van der Waals surface area contributed by atoms with Crippen molar-refractivity contribution in [2.75, 3.05) is 13.2 Å². The SMILES string of the molecule is Cn1c(CCNC(=O)C2CCCO2)nnc1SCc1ccccc1. The quantitative estimate of drug-likeness (QED) is 0.776. The van der Waals surface area contributed by atoms with Gasteiger partial charge < -0.3 is 14.6 Å². The van der Waals surface area contributed by atoms with E-state index in [2.05, 4.69) is 27.6 Å². The first-order valence-corrected chi connectivity index (χ1v) is 9.17. The zero-order valence-electron chi connectivity index (χ0n) is 13.8. The van der Waals surface area contributed by atoms with Gasteiger partial charge in [-0.05, 0) is 18.4 Å². The summed E-state index contributed by atoms with van der Waals surface area (Å²) in [4.78, 5) is 11.9. The van der Waals surface area contributed by atoms with E-state index >= 15 is 0 Å². The van der Waals surface area contributed by atoms with Gasteiger partial charge in [-0.2, -0.15) is 0 Å². The zero-order chi connectivity index (χ0) is 16.8. The number of ether oxygens (including phenoxy) is 1. The van der Waals surface area contributed by atoms with Crippen LogP contribution in [0.4, 0.5) is 0 Å². The highest BCUT2D eigenvalue weighted by Crippen LogP contribution is 2.21. The van der Waals surface area contributed by atoms with Crippen molar-refractivity contribution >= 4 is 17.7 Å². The van der Waals surface area contributed by atoms with Gasteiger partial charge >= 0.3 is 0 Å². The Morgan fingerprint density at radius 1 is 1.38 bits per heavy atom. The van der Waals surface area contributed by atoms with Gasteiger partial charge in [0.15, 0.2) is 5.16 Å². The predicted molar refractivity (Wildman–Crippen MR) is 92.7 cm³/mol. The van der Waals surface area contributed by atoms with Crippen LogP contribution >= 0.6 is 11.8 Å². The van der Waals surface area contributed by atoms with Crippen molar-refractivity contribution in [3.8, 4) is 0 Å². The van der Waals surface area contributed by atoms with Crippen LogP contribution in [0.25, 0.3) is 0 Å². The standard InChI is InChI=1S/C17H22N4O2S/c1-21-15(9-10-18-16(22)14-8-5-11-23-14)19-20-17(21)24-12-13-6-3-2-4-7-13/h2-4,6-7,14H,5,8-12H2,1H3,(H,18,22). The van der Waals surface area contributed by atoms with Gasteiger partial charge in [-0.1, -0.05) is 42.1 Å². The topological polar surface area (TPSA) is 69.0 Å². The first kappa shape index (κ1) is 17.0. The third-order valence-electron chi connectivity index (χ3n) is 4.01. The smallest absolute Gasteiger partial charge is 0.249 e. The maximum absolute atomic E-state index is 11.9. The van der Waals surface area contributed by atoms with Crippen molar-refractivity contribution in [2.45, 2.75) is 36.3 Å². The molecule has 7 heteroatoms. The molecular formula is C17H22N4O2S. The van der Waals surface area contributed by atoms with E-state index in [1.54, 1.807) is 11.8 Å². The van der Waals surface area contributed by atoms with E-state index in [9.17, 15) is 4.79 Å². The van der Waals surface area contributed by atoms with Gasteiger partial charge in [0.1, 0.15) is 11.9 Å². The average Bonchev–Trinajstić information content (AvgIpc) is 3.25. The molecule has 2 heterocycles. The number of benzene rings is 1. The number of carbonyl (C=O) groups excluding carboxylic acids is 1. The molecule has 1 aromatic carbocycles. The summed E-state index contributed by atoms with van der Waals surface area (Å²) in [5, 5.41) is 12.3. The number of amides is 1. The number of nitrogens with zero attached hydrogens (tertiary/aromatic N) is 3. The van der Waals surface area contributed by atoms with Crippen LogP contribution in [-0.2, 0) is 28.8 Å². The van der Waals surface area contributed by atoms with Crippen molar-refractivity contribution in [2.24, 2.45) is 7.05 Å². The van der Waals surface area contributed by atoms with Gasteiger partial charge in [0.2, 0.25) is 5.91 Å². The molecule has 24 heavy (non-hydrogen) atoms. The van der Waals surface area contributed by atoms with E-state index in [-0.39, 0.29) is 12.0 Å². The second-order valence-corrected chi connectivity index (χ2v) is 6.72. The molecule has 0 radical (unpaired) electrons. The molecule has 0 spiro atoms. The van der Waals surface area contributed by atoms with Crippen molar-refractivity contribution in [3.05, 3.63) is 41.7 Å². The molecule has 128 valence electrons. The average molecular weight is 346 g/mol. The molecule has 1 saturated heterocycles. The van der Waals surface area contributed by atoms with Crippen LogP contribution in [0.15, 0.2) is 35.5 Å². The number of hydrogen-bond acceptors (Lipinski definition) is 5. The van der Waals surface area contributed by atoms with E-state index in [0.29, 0.717) is 19.6 Å². The van der Waals surface area contributed by atoms with Gasteiger partial charge in [0.05, 0.1) is 0 Å². The Morgan fingerprint density at radius 3 is 2.96 bits per heavy atom. The first-order chi connectivity index (χ1) is 11.7. The molecule has 1 unspecified atom stereocenters. The minimum atomic E-state index is -0.276. The molecule has 0 saturated carbocycles. The summed E-state index contributed by atoms with van der Waals surface area (Å²) in [6, 6.07) is 10.3. The Morgan fingerprint density at radius 2 is 2.21 bits per heavy atom. The Bertz CT molecular complexity index is 668. The van der Waals surface area contributed by atoms with Gasteiger partial charge in [0, 0.05) is 32.4 Å². The maximum Gasteiger partial charge on any atom is 0.249 e. The number of rotatable bonds is 7. The molecule has 2 aromatic rings. The number of carbonyl (C=O) groups is 1. The second kappa shape index (κ2) is 8.30. The fourth-order valence-corrected chi connectivity index (χ4v) is 3.49. The lowest BCUT2D eigenvalue weighted by Crippen LogP contribution is -2.35. The summed E-state index contributed by atoms with van der Waals surface area (Å²) in [5.41, 5.74) is 1.26. The van der Waals surface area contributed by atoms with E-state index < -0.39 is 0 Å². The van der Waals surface area contributed by atoms with Crippen LogP contribution in [0.2, 0.25) is 0 Å². The van der Waals surface area contributed by atoms with Crippen molar-refractivity contribution in [1.29, 1.82) is 0 Å². The summed E-state index contributed by atoms with van der Waals surface area (Å²) < 4.78 is 7.36. The van der Waals surface area contributed by atoms with Gasteiger partial charge in [-0.25, -0.2) is 0 Å². The molecule has 1 aliphatic heterocycles. The Hall–Kier alpha value is -1.86. The fourth-order valence-electron chi connectivity index (χ4n) is 2.61. The molecular weight excluding hydrogens is 324 g/mol. The number of aromatic nitrogens is 3. The highest BCUT2D eigenvalue weighted by molar-refractivity contribution is 7.98.